The molecule has 0 saturated carbocycles. The summed E-state index contributed by atoms with van der Waals surface area (Å²) in [6.45, 7) is 7.89. The number of nitrogens with zero attached hydrogens (tertiary/aromatic N) is 5. The number of rotatable bonds is 10. The molecule has 0 fully saturated rings. The zero-order valence-corrected chi connectivity index (χ0v) is 21.6. The lowest BCUT2D eigenvalue weighted by Crippen LogP contribution is -2.32. The minimum atomic E-state index is -0.0734. The quantitative estimate of drug-likeness (QED) is 0.276. The summed E-state index contributed by atoms with van der Waals surface area (Å²) in [4.78, 5) is 19.9. The van der Waals surface area contributed by atoms with E-state index in [9.17, 15) is 4.79 Å². The molecular weight excluding hydrogens is 472 g/mol. The minimum absolute atomic E-state index is 0.0576. The highest BCUT2D eigenvalue weighted by Gasteiger charge is 2.27. The first-order chi connectivity index (χ1) is 17.5. The van der Waals surface area contributed by atoms with Gasteiger partial charge in [0.1, 0.15) is 12.3 Å². The summed E-state index contributed by atoms with van der Waals surface area (Å²) in [5, 5.41) is 15.9. The smallest absolute Gasteiger partial charge is 0.252 e. The van der Waals surface area contributed by atoms with Gasteiger partial charge in [0.05, 0.1) is 17.8 Å². The maximum atomic E-state index is 13.2. The molecule has 0 amide bonds. The molecule has 5 aromatic rings. The van der Waals surface area contributed by atoms with Crippen LogP contribution in [0.3, 0.4) is 0 Å². The Kier molecular flexibility index (Phi) is 7.11. The third kappa shape index (κ3) is 5.03. The Bertz CT molecular complexity index is 1490. The number of hydrogen-bond acceptors (Lipinski definition) is 7. The Hall–Kier alpha value is -3.56. The van der Waals surface area contributed by atoms with Gasteiger partial charge in [0.15, 0.2) is 5.82 Å². The second-order valence-electron chi connectivity index (χ2n) is 9.17. The molecule has 36 heavy (non-hydrogen) atoms. The number of fused-ring (bicyclic) bond motifs is 1. The fraction of sp³-hybridized carbons (Fsp3) is 0.333. The van der Waals surface area contributed by atoms with Gasteiger partial charge in [-0.3, -0.25) is 9.69 Å². The SMILES string of the molecule is CCCC(c1nnnn1Cc1ccco1)N(Cc1cccs1)Cc1cc2c(C)ccc(C)c2[nH]c1=O. The molecule has 1 aromatic carbocycles. The highest BCUT2D eigenvalue weighted by Crippen LogP contribution is 2.29. The van der Waals surface area contributed by atoms with Crippen molar-refractivity contribution >= 4 is 22.2 Å². The monoisotopic (exact) mass is 502 g/mol. The molecule has 8 nitrogen and oxygen atoms in total. The highest BCUT2D eigenvalue weighted by atomic mass is 32.1. The van der Waals surface area contributed by atoms with E-state index in [2.05, 4.69) is 62.8 Å². The van der Waals surface area contributed by atoms with Gasteiger partial charge >= 0.3 is 0 Å². The van der Waals surface area contributed by atoms with Crippen molar-refractivity contribution in [2.24, 2.45) is 0 Å². The third-order valence-corrected chi connectivity index (χ3v) is 7.44. The Morgan fingerprint density at radius 3 is 2.75 bits per heavy atom. The van der Waals surface area contributed by atoms with Crippen LogP contribution in [-0.2, 0) is 19.6 Å². The first-order valence-electron chi connectivity index (χ1n) is 12.2. The standard InChI is InChI=1S/C27H30N6O2S/c1-4-7-24(26-29-30-31-33(26)16-21-8-5-12-35-21)32(17-22-9-6-13-36-22)15-20-14-23-18(2)10-11-19(3)25(23)28-27(20)34/h5-6,8-14,24H,4,7,15-17H2,1-3H3,(H,28,34). The molecule has 0 aliphatic carbocycles. The number of benzene rings is 1. The van der Waals surface area contributed by atoms with Gasteiger partial charge in [0.2, 0.25) is 0 Å². The molecule has 0 saturated heterocycles. The van der Waals surface area contributed by atoms with E-state index in [1.54, 1.807) is 22.3 Å². The van der Waals surface area contributed by atoms with Crippen LogP contribution in [0.4, 0.5) is 0 Å². The summed E-state index contributed by atoms with van der Waals surface area (Å²) in [6.07, 6.45) is 3.46. The van der Waals surface area contributed by atoms with Gasteiger partial charge in [0, 0.05) is 28.9 Å². The molecule has 1 atom stereocenters. The number of H-pyrrole nitrogens is 1. The number of pyridine rings is 1. The van der Waals surface area contributed by atoms with E-state index in [0.717, 1.165) is 52.0 Å². The molecule has 0 aliphatic rings. The van der Waals surface area contributed by atoms with Gasteiger partial charge in [-0.15, -0.1) is 16.4 Å². The van der Waals surface area contributed by atoms with Crippen LogP contribution in [0.1, 0.15) is 59.0 Å². The Morgan fingerprint density at radius 1 is 1.14 bits per heavy atom. The Labute approximate surface area is 213 Å². The molecule has 0 aliphatic heterocycles. The first kappa shape index (κ1) is 24.1. The Morgan fingerprint density at radius 2 is 2.00 bits per heavy atom. The van der Waals surface area contributed by atoms with Crippen LogP contribution in [0.5, 0.6) is 0 Å². The minimum Gasteiger partial charge on any atom is -0.467 e. The number of aromatic nitrogens is 5. The van der Waals surface area contributed by atoms with Gasteiger partial charge in [-0.05, 0) is 71.5 Å². The van der Waals surface area contributed by atoms with Crippen LogP contribution in [0, 0.1) is 13.8 Å². The van der Waals surface area contributed by atoms with Gasteiger partial charge < -0.3 is 9.40 Å². The van der Waals surface area contributed by atoms with Crippen molar-refractivity contribution in [3.63, 3.8) is 0 Å². The van der Waals surface area contributed by atoms with Crippen molar-refractivity contribution in [3.05, 3.63) is 97.6 Å². The molecule has 9 heteroatoms. The molecule has 1 unspecified atom stereocenters. The zero-order valence-electron chi connectivity index (χ0n) is 20.8. The van der Waals surface area contributed by atoms with E-state index in [1.807, 2.05) is 31.2 Å². The van der Waals surface area contributed by atoms with Crippen molar-refractivity contribution in [3.8, 4) is 0 Å². The molecule has 186 valence electrons. The van der Waals surface area contributed by atoms with E-state index in [1.165, 1.54) is 4.88 Å². The lowest BCUT2D eigenvalue weighted by atomic mass is 10.0. The molecular formula is C27H30N6O2S. The zero-order chi connectivity index (χ0) is 25.1. The van der Waals surface area contributed by atoms with Crippen molar-refractivity contribution in [1.82, 2.24) is 30.1 Å². The van der Waals surface area contributed by atoms with Crippen molar-refractivity contribution in [2.45, 2.75) is 59.3 Å². The summed E-state index contributed by atoms with van der Waals surface area (Å²) in [6, 6.07) is 14.1. The predicted octanol–water partition coefficient (Wildman–Crippen LogP) is 5.38. The van der Waals surface area contributed by atoms with Crippen LogP contribution < -0.4 is 5.56 Å². The molecule has 0 spiro atoms. The highest BCUT2D eigenvalue weighted by molar-refractivity contribution is 7.09. The first-order valence-corrected chi connectivity index (χ1v) is 13.1. The van der Waals surface area contributed by atoms with Gasteiger partial charge in [0.25, 0.3) is 5.56 Å². The molecule has 0 radical (unpaired) electrons. The third-order valence-electron chi connectivity index (χ3n) is 6.58. The van der Waals surface area contributed by atoms with Gasteiger partial charge in [-0.1, -0.05) is 31.5 Å². The van der Waals surface area contributed by atoms with Crippen LogP contribution in [0.25, 0.3) is 10.9 Å². The number of thiophene rings is 1. The maximum absolute atomic E-state index is 13.2. The molecule has 1 N–H and O–H groups in total. The summed E-state index contributed by atoms with van der Waals surface area (Å²) in [7, 11) is 0. The topological polar surface area (TPSA) is 92.8 Å². The largest absolute Gasteiger partial charge is 0.467 e. The van der Waals surface area contributed by atoms with Gasteiger partial charge in [-0.25, -0.2) is 4.68 Å². The van der Waals surface area contributed by atoms with Crippen molar-refractivity contribution < 1.29 is 4.42 Å². The number of furan rings is 1. The van der Waals surface area contributed by atoms with Crippen molar-refractivity contribution in [1.29, 1.82) is 0 Å². The van der Waals surface area contributed by atoms with E-state index >= 15 is 0 Å². The van der Waals surface area contributed by atoms with E-state index < -0.39 is 0 Å². The summed E-state index contributed by atoms with van der Waals surface area (Å²) in [5.41, 5.74) is 3.79. The maximum Gasteiger partial charge on any atom is 0.252 e. The van der Waals surface area contributed by atoms with Crippen LogP contribution in [0.15, 0.2) is 63.3 Å². The molecule has 4 aromatic heterocycles. The molecule has 4 heterocycles. The fourth-order valence-corrected chi connectivity index (χ4v) is 5.42. The lowest BCUT2D eigenvalue weighted by Gasteiger charge is -2.30. The average Bonchev–Trinajstić information content (AvgIpc) is 3.65. The second kappa shape index (κ2) is 10.6. The molecule has 5 rings (SSSR count). The number of hydrogen-bond donors (Lipinski definition) is 1. The predicted molar refractivity (Wildman–Crippen MR) is 141 cm³/mol. The van der Waals surface area contributed by atoms with E-state index in [-0.39, 0.29) is 11.6 Å². The van der Waals surface area contributed by atoms with E-state index in [0.29, 0.717) is 19.6 Å². The summed E-state index contributed by atoms with van der Waals surface area (Å²) in [5.74, 6) is 1.56. The summed E-state index contributed by atoms with van der Waals surface area (Å²) < 4.78 is 7.35. The van der Waals surface area contributed by atoms with Gasteiger partial charge in [-0.2, -0.15) is 0 Å². The second-order valence-corrected chi connectivity index (χ2v) is 10.2. The summed E-state index contributed by atoms with van der Waals surface area (Å²) >= 11 is 1.71. The molecule has 0 bridgehead atoms. The van der Waals surface area contributed by atoms with Crippen molar-refractivity contribution in [2.75, 3.05) is 0 Å². The van der Waals surface area contributed by atoms with Crippen LogP contribution in [0.2, 0.25) is 0 Å². The van der Waals surface area contributed by atoms with Crippen LogP contribution >= 0.6 is 11.3 Å². The number of tetrazole rings is 1. The number of aromatic amines is 1. The lowest BCUT2D eigenvalue weighted by molar-refractivity contribution is 0.157. The van der Waals surface area contributed by atoms with E-state index in [4.69, 9.17) is 4.42 Å². The Balaban J connectivity index is 1.55. The van der Waals surface area contributed by atoms with Crippen LogP contribution in [-0.4, -0.2) is 30.1 Å². The number of aryl methyl sites for hydroxylation is 2. The number of nitrogens with one attached hydrogen (secondary N) is 1. The fourth-order valence-electron chi connectivity index (χ4n) is 4.69. The average molecular weight is 503 g/mol. The normalized spacial score (nSPS) is 12.6.